The summed E-state index contributed by atoms with van der Waals surface area (Å²) in [6.45, 7) is 0.0790. The molecule has 6 nitrogen and oxygen atoms in total. The van der Waals surface area contributed by atoms with Gasteiger partial charge in [-0.3, -0.25) is 4.79 Å². The van der Waals surface area contributed by atoms with E-state index in [4.69, 9.17) is 9.47 Å². The summed E-state index contributed by atoms with van der Waals surface area (Å²) in [6, 6.07) is 13.1. The summed E-state index contributed by atoms with van der Waals surface area (Å²) < 4.78 is 10.6. The van der Waals surface area contributed by atoms with Crippen LogP contribution in [0.25, 0.3) is 10.9 Å². The summed E-state index contributed by atoms with van der Waals surface area (Å²) in [5, 5.41) is 1.08. The second-order valence-corrected chi connectivity index (χ2v) is 7.69. The Morgan fingerprint density at radius 1 is 1.10 bits per heavy atom. The number of amides is 1. The fraction of sp³-hybridized carbons (Fsp3) is 0.333. The van der Waals surface area contributed by atoms with E-state index in [1.807, 2.05) is 36.4 Å². The van der Waals surface area contributed by atoms with Gasteiger partial charge in [0.2, 0.25) is 0 Å². The number of aromatic amines is 1. The van der Waals surface area contributed by atoms with E-state index in [9.17, 15) is 9.59 Å². The lowest BCUT2D eigenvalue weighted by Gasteiger charge is -2.18. The van der Waals surface area contributed by atoms with Crippen molar-refractivity contribution < 1.29 is 19.1 Å². The van der Waals surface area contributed by atoms with Crippen LogP contribution in [0.3, 0.4) is 0 Å². The normalized spacial score (nSPS) is 13.0. The average molecular weight is 406 g/mol. The Balaban J connectivity index is 1.39. The molecule has 2 aromatic carbocycles. The molecule has 1 aliphatic carbocycles. The minimum absolute atomic E-state index is 0.269. The summed E-state index contributed by atoms with van der Waals surface area (Å²) in [5.41, 5.74) is 4.99. The van der Waals surface area contributed by atoms with Gasteiger partial charge in [0.05, 0.1) is 12.7 Å². The molecule has 1 aliphatic rings. The number of nitrogens with one attached hydrogen (secondary N) is 1. The summed E-state index contributed by atoms with van der Waals surface area (Å²) >= 11 is 0. The number of carbonyl (C=O) groups excluding carboxylic acids is 2. The van der Waals surface area contributed by atoms with Crippen LogP contribution in [-0.4, -0.2) is 42.5 Å². The van der Waals surface area contributed by atoms with E-state index in [0.29, 0.717) is 12.1 Å². The average Bonchev–Trinajstić information content (AvgIpc) is 3.15. The Morgan fingerprint density at radius 2 is 1.90 bits per heavy atom. The van der Waals surface area contributed by atoms with Crippen LogP contribution in [0.1, 0.15) is 40.0 Å². The van der Waals surface area contributed by atoms with Crippen LogP contribution in [0.15, 0.2) is 42.5 Å². The first kappa shape index (κ1) is 20.0. The number of esters is 1. The number of carbonyl (C=O) groups is 2. The first-order chi connectivity index (χ1) is 14.6. The molecule has 3 aromatic rings. The highest BCUT2D eigenvalue weighted by Crippen LogP contribution is 2.29. The van der Waals surface area contributed by atoms with Crippen molar-refractivity contribution in [1.82, 2.24) is 9.88 Å². The molecule has 0 aliphatic heterocycles. The Bertz CT molecular complexity index is 1090. The molecule has 0 unspecified atom stereocenters. The first-order valence-corrected chi connectivity index (χ1v) is 10.2. The van der Waals surface area contributed by atoms with Crippen molar-refractivity contribution in [1.29, 1.82) is 0 Å². The molecule has 0 fully saturated rings. The number of benzene rings is 2. The highest BCUT2D eigenvalue weighted by atomic mass is 16.5. The molecule has 0 saturated heterocycles. The number of nitrogens with zero attached hydrogens (tertiary/aromatic N) is 1. The van der Waals surface area contributed by atoms with Gasteiger partial charge in [0.15, 0.2) is 6.61 Å². The van der Waals surface area contributed by atoms with Gasteiger partial charge in [0.1, 0.15) is 5.75 Å². The smallest absolute Gasteiger partial charge is 0.338 e. The van der Waals surface area contributed by atoms with E-state index < -0.39 is 5.97 Å². The molecule has 0 radical (unpaired) electrons. The summed E-state index contributed by atoms with van der Waals surface area (Å²) in [5.74, 6) is -0.0339. The lowest BCUT2D eigenvalue weighted by atomic mass is 9.95. The van der Waals surface area contributed by atoms with Gasteiger partial charge in [-0.1, -0.05) is 18.2 Å². The summed E-state index contributed by atoms with van der Waals surface area (Å²) in [7, 11) is 3.28. The van der Waals surface area contributed by atoms with Crippen molar-refractivity contribution in [2.45, 2.75) is 32.2 Å². The summed E-state index contributed by atoms with van der Waals surface area (Å²) in [4.78, 5) is 30.0. The van der Waals surface area contributed by atoms with Crippen molar-refractivity contribution in [2.24, 2.45) is 0 Å². The van der Waals surface area contributed by atoms with Gasteiger partial charge in [-0.25, -0.2) is 4.79 Å². The standard InChI is InChI=1S/C24H26N2O4/c1-26(14-17-7-3-6-10-22(17)29-2)23(27)15-30-24(28)16-11-12-21-19(13-16)18-8-4-5-9-20(18)25-21/h3,6-7,10-13,25H,4-5,8-9,14-15H2,1-2H3. The summed E-state index contributed by atoms with van der Waals surface area (Å²) in [6.07, 6.45) is 4.44. The fourth-order valence-electron chi connectivity index (χ4n) is 4.03. The van der Waals surface area contributed by atoms with Gasteiger partial charge in [-0.15, -0.1) is 0 Å². The lowest BCUT2D eigenvalue weighted by Crippen LogP contribution is -2.31. The molecule has 1 amide bonds. The molecule has 6 heteroatoms. The zero-order chi connectivity index (χ0) is 21.1. The fourth-order valence-corrected chi connectivity index (χ4v) is 4.03. The Morgan fingerprint density at radius 3 is 2.73 bits per heavy atom. The number of likely N-dealkylation sites (N-methyl/N-ethyl adjacent to an activating group) is 1. The van der Waals surface area contributed by atoms with E-state index in [1.54, 1.807) is 20.2 Å². The molecule has 4 rings (SSSR count). The van der Waals surface area contributed by atoms with Crippen LogP contribution in [0.5, 0.6) is 5.75 Å². The number of aryl methyl sites for hydroxylation is 2. The molecule has 30 heavy (non-hydrogen) atoms. The van der Waals surface area contributed by atoms with E-state index in [0.717, 1.165) is 35.1 Å². The van der Waals surface area contributed by atoms with Crippen molar-refractivity contribution in [3.05, 3.63) is 64.8 Å². The first-order valence-electron chi connectivity index (χ1n) is 10.2. The topological polar surface area (TPSA) is 71.6 Å². The van der Waals surface area contributed by atoms with Gasteiger partial charge in [-0.05, 0) is 55.5 Å². The van der Waals surface area contributed by atoms with Crippen LogP contribution in [0.4, 0.5) is 0 Å². The number of fused-ring (bicyclic) bond motifs is 3. The minimum Gasteiger partial charge on any atom is -0.496 e. The van der Waals surface area contributed by atoms with Crippen LogP contribution in [0.2, 0.25) is 0 Å². The lowest BCUT2D eigenvalue weighted by molar-refractivity contribution is -0.133. The molecule has 1 N–H and O–H groups in total. The van der Waals surface area contributed by atoms with Crippen LogP contribution < -0.4 is 4.74 Å². The Labute approximate surface area is 175 Å². The van der Waals surface area contributed by atoms with Gasteiger partial charge >= 0.3 is 5.97 Å². The molecular weight excluding hydrogens is 380 g/mol. The monoisotopic (exact) mass is 406 g/mol. The molecule has 0 atom stereocenters. The van der Waals surface area contributed by atoms with Crippen LogP contribution in [-0.2, 0) is 28.9 Å². The van der Waals surface area contributed by atoms with Crippen LogP contribution in [0, 0.1) is 0 Å². The van der Waals surface area contributed by atoms with Crippen molar-refractivity contribution in [3.8, 4) is 5.75 Å². The Hall–Kier alpha value is -3.28. The zero-order valence-corrected chi connectivity index (χ0v) is 17.4. The number of rotatable bonds is 6. The van der Waals surface area contributed by atoms with Gasteiger partial charge in [0.25, 0.3) is 5.91 Å². The number of methoxy groups -OCH3 is 1. The van der Waals surface area contributed by atoms with E-state index in [1.165, 1.54) is 29.0 Å². The predicted molar refractivity (Wildman–Crippen MR) is 115 cm³/mol. The number of hydrogen-bond acceptors (Lipinski definition) is 4. The zero-order valence-electron chi connectivity index (χ0n) is 17.4. The molecule has 1 heterocycles. The van der Waals surface area contributed by atoms with E-state index >= 15 is 0 Å². The number of H-pyrrole nitrogens is 1. The second kappa shape index (κ2) is 8.61. The molecule has 0 spiro atoms. The van der Waals surface area contributed by atoms with Crippen molar-refractivity contribution in [3.63, 3.8) is 0 Å². The molecule has 0 bridgehead atoms. The third kappa shape index (κ3) is 4.03. The molecule has 156 valence electrons. The third-order valence-electron chi connectivity index (χ3n) is 5.69. The highest BCUT2D eigenvalue weighted by molar-refractivity contribution is 5.97. The van der Waals surface area contributed by atoms with E-state index in [-0.39, 0.29) is 12.5 Å². The minimum atomic E-state index is -0.485. The molecule has 0 saturated carbocycles. The Kier molecular flexibility index (Phi) is 5.74. The number of hydrogen-bond donors (Lipinski definition) is 1. The SMILES string of the molecule is COc1ccccc1CN(C)C(=O)COC(=O)c1ccc2[nH]c3c(c2c1)CCCC3. The second-order valence-electron chi connectivity index (χ2n) is 7.69. The number of aromatic nitrogens is 1. The predicted octanol–water partition coefficient (Wildman–Crippen LogP) is 3.87. The molecule has 1 aromatic heterocycles. The van der Waals surface area contributed by atoms with Crippen molar-refractivity contribution in [2.75, 3.05) is 20.8 Å². The van der Waals surface area contributed by atoms with Crippen LogP contribution >= 0.6 is 0 Å². The van der Waals surface area contributed by atoms with Gasteiger partial charge in [0, 0.05) is 35.8 Å². The highest BCUT2D eigenvalue weighted by Gasteiger charge is 2.19. The number of ether oxygens (including phenoxy) is 2. The van der Waals surface area contributed by atoms with Gasteiger partial charge in [-0.2, -0.15) is 0 Å². The maximum absolute atomic E-state index is 12.5. The largest absolute Gasteiger partial charge is 0.496 e. The number of para-hydroxylation sites is 1. The van der Waals surface area contributed by atoms with E-state index in [2.05, 4.69) is 4.98 Å². The third-order valence-corrected chi connectivity index (χ3v) is 5.69. The van der Waals surface area contributed by atoms with Gasteiger partial charge < -0.3 is 19.4 Å². The maximum atomic E-state index is 12.5. The molecular formula is C24H26N2O4. The quantitative estimate of drug-likeness (QED) is 0.631. The maximum Gasteiger partial charge on any atom is 0.338 e. The van der Waals surface area contributed by atoms with Crippen molar-refractivity contribution >= 4 is 22.8 Å².